The number of thiazole rings is 1. The lowest BCUT2D eigenvalue weighted by Gasteiger charge is -2.12. The summed E-state index contributed by atoms with van der Waals surface area (Å²) >= 11 is 1.68. The minimum absolute atomic E-state index is 0.242. The van der Waals surface area contributed by atoms with Crippen LogP contribution in [0, 0.1) is 0 Å². The van der Waals surface area contributed by atoms with E-state index >= 15 is 0 Å². The first-order valence-corrected chi connectivity index (χ1v) is 6.44. The molecule has 1 atom stereocenters. The van der Waals surface area contributed by atoms with Crippen LogP contribution in [0.5, 0.6) is 0 Å². The average Bonchev–Trinajstić information content (AvgIpc) is 2.99. The van der Waals surface area contributed by atoms with Gasteiger partial charge in [0, 0.05) is 34.4 Å². The van der Waals surface area contributed by atoms with Crippen LogP contribution in [0.1, 0.15) is 18.0 Å². The van der Waals surface area contributed by atoms with Crippen LogP contribution in [0.2, 0.25) is 0 Å². The number of hydrogen-bond acceptors (Lipinski definition) is 3. The van der Waals surface area contributed by atoms with Gasteiger partial charge in [0.15, 0.2) is 0 Å². The van der Waals surface area contributed by atoms with Gasteiger partial charge in [-0.1, -0.05) is 0 Å². The first-order chi connectivity index (χ1) is 8.33. The summed E-state index contributed by atoms with van der Waals surface area (Å²) in [5.41, 5.74) is 2.29. The lowest BCUT2D eigenvalue weighted by molar-refractivity contribution is 0.870. The minimum Gasteiger partial charge on any atom is -0.376 e. The number of anilines is 1. The zero-order valence-electron chi connectivity index (χ0n) is 9.47. The molecule has 86 valence electrons. The number of H-pyrrole nitrogens is 1. The Morgan fingerprint density at radius 2 is 2.29 bits per heavy atom. The second-order valence-electron chi connectivity index (χ2n) is 4.02. The Balaban J connectivity index is 1.84. The largest absolute Gasteiger partial charge is 0.376 e. The van der Waals surface area contributed by atoms with Crippen molar-refractivity contribution in [2.24, 2.45) is 0 Å². The van der Waals surface area contributed by atoms with Crippen molar-refractivity contribution in [2.75, 3.05) is 5.32 Å². The molecule has 2 N–H and O–H groups in total. The molecule has 1 unspecified atom stereocenters. The van der Waals surface area contributed by atoms with Crippen molar-refractivity contribution in [1.29, 1.82) is 0 Å². The third kappa shape index (κ3) is 2.03. The van der Waals surface area contributed by atoms with E-state index < -0.39 is 0 Å². The van der Waals surface area contributed by atoms with E-state index in [0.29, 0.717) is 0 Å². The van der Waals surface area contributed by atoms with Crippen LogP contribution >= 0.6 is 11.3 Å². The molecule has 4 heteroatoms. The number of nitrogens with zero attached hydrogens (tertiary/aromatic N) is 1. The van der Waals surface area contributed by atoms with E-state index in [2.05, 4.69) is 46.5 Å². The number of hydrogen-bond donors (Lipinski definition) is 2. The normalized spacial score (nSPS) is 12.8. The summed E-state index contributed by atoms with van der Waals surface area (Å²) in [6.45, 7) is 2.13. The molecule has 0 saturated heterocycles. The summed E-state index contributed by atoms with van der Waals surface area (Å²) in [7, 11) is 0. The predicted molar refractivity (Wildman–Crippen MR) is 72.5 cm³/mol. The topological polar surface area (TPSA) is 40.7 Å². The van der Waals surface area contributed by atoms with Crippen molar-refractivity contribution < 1.29 is 0 Å². The summed E-state index contributed by atoms with van der Waals surface area (Å²) in [5.74, 6) is 0. The second kappa shape index (κ2) is 4.22. The monoisotopic (exact) mass is 243 g/mol. The Morgan fingerprint density at radius 3 is 3.12 bits per heavy atom. The number of nitrogens with one attached hydrogen (secondary N) is 2. The molecule has 0 amide bonds. The van der Waals surface area contributed by atoms with Gasteiger partial charge in [0.1, 0.15) is 5.01 Å². The van der Waals surface area contributed by atoms with E-state index in [1.54, 1.807) is 11.3 Å². The Kier molecular flexibility index (Phi) is 2.57. The highest BCUT2D eigenvalue weighted by atomic mass is 32.1. The second-order valence-corrected chi connectivity index (χ2v) is 4.94. The molecule has 0 saturated carbocycles. The van der Waals surface area contributed by atoms with Crippen molar-refractivity contribution in [1.82, 2.24) is 9.97 Å². The highest BCUT2D eigenvalue weighted by molar-refractivity contribution is 7.09. The smallest absolute Gasteiger partial charge is 0.115 e. The molecule has 0 spiro atoms. The van der Waals surface area contributed by atoms with Crippen molar-refractivity contribution in [3.63, 3.8) is 0 Å². The maximum Gasteiger partial charge on any atom is 0.115 e. The fourth-order valence-electron chi connectivity index (χ4n) is 1.90. The lowest BCUT2D eigenvalue weighted by atomic mass is 10.2. The van der Waals surface area contributed by atoms with E-state index in [0.717, 1.165) is 16.2 Å². The maximum absolute atomic E-state index is 4.31. The van der Waals surface area contributed by atoms with Crippen LogP contribution in [0.25, 0.3) is 10.9 Å². The number of rotatable bonds is 3. The Hall–Kier alpha value is -1.81. The molecule has 3 rings (SSSR count). The summed E-state index contributed by atoms with van der Waals surface area (Å²) in [5, 5.41) is 7.80. The first-order valence-electron chi connectivity index (χ1n) is 5.56. The summed E-state index contributed by atoms with van der Waals surface area (Å²) in [4.78, 5) is 7.50. The fourth-order valence-corrected chi connectivity index (χ4v) is 2.55. The van der Waals surface area contributed by atoms with E-state index in [1.165, 1.54) is 5.39 Å². The predicted octanol–water partition coefficient (Wildman–Crippen LogP) is 3.80. The van der Waals surface area contributed by atoms with Crippen LogP contribution in [-0.4, -0.2) is 9.97 Å². The van der Waals surface area contributed by atoms with Gasteiger partial charge in [0.25, 0.3) is 0 Å². The number of aromatic amines is 1. The summed E-state index contributed by atoms with van der Waals surface area (Å²) in [6, 6.07) is 8.64. The maximum atomic E-state index is 4.31. The van der Waals surface area contributed by atoms with Crippen LogP contribution in [-0.2, 0) is 0 Å². The molecule has 3 aromatic rings. The van der Waals surface area contributed by atoms with E-state index in [-0.39, 0.29) is 6.04 Å². The zero-order chi connectivity index (χ0) is 11.7. The minimum atomic E-state index is 0.242. The van der Waals surface area contributed by atoms with Crippen LogP contribution in [0.3, 0.4) is 0 Å². The number of benzene rings is 1. The molecular formula is C13H13N3S. The first kappa shape index (κ1) is 10.4. The van der Waals surface area contributed by atoms with Gasteiger partial charge in [0.2, 0.25) is 0 Å². The van der Waals surface area contributed by atoms with Crippen molar-refractivity contribution >= 4 is 27.9 Å². The molecule has 0 aliphatic rings. The SMILES string of the molecule is CC(Nc1ccc2[nH]ccc2c1)c1nccs1. The molecular weight excluding hydrogens is 230 g/mol. The summed E-state index contributed by atoms with van der Waals surface area (Å²) < 4.78 is 0. The highest BCUT2D eigenvalue weighted by Gasteiger charge is 2.07. The van der Waals surface area contributed by atoms with Crippen molar-refractivity contribution in [2.45, 2.75) is 13.0 Å². The van der Waals surface area contributed by atoms with Crippen molar-refractivity contribution in [3.8, 4) is 0 Å². The molecule has 2 aromatic heterocycles. The average molecular weight is 243 g/mol. The lowest BCUT2D eigenvalue weighted by Crippen LogP contribution is -2.05. The molecule has 3 nitrogen and oxygen atoms in total. The van der Waals surface area contributed by atoms with Crippen LogP contribution < -0.4 is 5.32 Å². The standard InChI is InChI=1S/C13H13N3S/c1-9(13-15-6-7-17-13)16-11-2-3-12-10(8-11)4-5-14-12/h2-9,14,16H,1H3. The fraction of sp³-hybridized carbons (Fsp3) is 0.154. The van der Waals surface area contributed by atoms with Crippen LogP contribution in [0.15, 0.2) is 42.0 Å². The van der Waals surface area contributed by atoms with E-state index in [1.807, 2.05) is 17.8 Å². The molecule has 0 aliphatic carbocycles. The van der Waals surface area contributed by atoms with Gasteiger partial charge in [-0.2, -0.15) is 0 Å². The quantitative estimate of drug-likeness (QED) is 0.734. The highest BCUT2D eigenvalue weighted by Crippen LogP contribution is 2.23. The Morgan fingerprint density at radius 1 is 1.35 bits per heavy atom. The Bertz CT molecular complexity index is 612. The van der Waals surface area contributed by atoms with E-state index in [9.17, 15) is 0 Å². The number of fused-ring (bicyclic) bond motifs is 1. The third-order valence-corrected chi connectivity index (χ3v) is 3.72. The van der Waals surface area contributed by atoms with Gasteiger partial charge in [-0.15, -0.1) is 11.3 Å². The molecule has 0 radical (unpaired) electrons. The van der Waals surface area contributed by atoms with Gasteiger partial charge in [-0.25, -0.2) is 4.98 Å². The van der Waals surface area contributed by atoms with E-state index in [4.69, 9.17) is 0 Å². The van der Waals surface area contributed by atoms with Crippen molar-refractivity contribution in [3.05, 3.63) is 47.0 Å². The summed E-state index contributed by atoms with van der Waals surface area (Å²) in [6.07, 6.45) is 3.80. The van der Waals surface area contributed by atoms with Gasteiger partial charge in [0.05, 0.1) is 6.04 Å². The molecule has 2 heterocycles. The van der Waals surface area contributed by atoms with Gasteiger partial charge >= 0.3 is 0 Å². The Labute approximate surface area is 104 Å². The van der Waals surface area contributed by atoms with Crippen LogP contribution in [0.4, 0.5) is 5.69 Å². The molecule has 1 aromatic carbocycles. The van der Waals surface area contributed by atoms with Gasteiger partial charge in [-0.05, 0) is 31.2 Å². The molecule has 0 fully saturated rings. The van der Waals surface area contributed by atoms with Gasteiger partial charge in [-0.3, -0.25) is 0 Å². The molecule has 0 bridgehead atoms. The third-order valence-electron chi connectivity index (χ3n) is 2.76. The molecule has 17 heavy (non-hydrogen) atoms. The van der Waals surface area contributed by atoms with Gasteiger partial charge < -0.3 is 10.3 Å². The molecule has 0 aliphatic heterocycles. The zero-order valence-corrected chi connectivity index (χ0v) is 10.3. The number of aromatic nitrogens is 2.